The first kappa shape index (κ1) is 15.3. The van der Waals surface area contributed by atoms with Crippen LogP contribution in [0.25, 0.3) is 0 Å². The van der Waals surface area contributed by atoms with Gasteiger partial charge in [-0.25, -0.2) is 4.39 Å². The summed E-state index contributed by atoms with van der Waals surface area (Å²) < 4.78 is 19.6. The molecule has 1 atom stereocenters. The lowest BCUT2D eigenvalue weighted by Crippen LogP contribution is -2.14. The summed E-state index contributed by atoms with van der Waals surface area (Å²) in [6.45, 7) is 0.864. The van der Waals surface area contributed by atoms with Crippen molar-refractivity contribution in [2.75, 3.05) is 13.7 Å². The van der Waals surface area contributed by atoms with Crippen LogP contribution in [0.1, 0.15) is 17.4 Å². The Morgan fingerprint density at radius 3 is 2.80 bits per heavy atom. The van der Waals surface area contributed by atoms with Gasteiger partial charge in [0.1, 0.15) is 11.9 Å². The number of methoxy groups -OCH3 is 1. The predicted molar refractivity (Wildman–Crippen MR) is 74.6 cm³/mol. The summed E-state index contributed by atoms with van der Waals surface area (Å²) in [7, 11) is 1.57. The minimum atomic E-state index is -1.09. The molecule has 108 valence electrons. The van der Waals surface area contributed by atoms with E-state index in [0.29, 0.717) is 29.4 Å². The zero-order valence-corrected chi connectivity index (χ0v) is 12.2. The molecule has 2 rings (SSSR count). The van der Waals surface area contributed by atoms with Crippen molar-refractivity contribution in [1.82, 2.24) is 9.78 Å². The molecule has 0 radical (unpaired) electrons. The second-order valence-corrected chi connectivity index (χ2v) is 4.98. The normalized spacial score (nSPS) is 12.7. The van der Waals surface area contributed by atoms with Crippen LogP contribution in [0.3, 0.4) is 0 Å². The molecule has 0 saturated heterocycles. The van der Waals surface area contributed by atoms with Crippen molar-refractivity contribution in [3.63, 3.8) is 0 Å². The van der Waals surface area contributed by atoms with Gasteiger partial charge in [0, 0.05) is 17.7 Å². The van der Waals surface area contributed by atoms with Gasteiger partial charge in [0.15, 0.2) is 0 Å². The summed E-state index contributed by atoms with van der Waals surface area (Å²) >= 11 is 12.0. The van der Waals surface area contributed by atoms with Crippen molar-refractivity contribution < 1.29 is 14.2 Å². The molecular formula is C13H13Cl2FN2O2. The number of benzene rings is 1. The number of hydrogen-bond acceptors (Lipinski definition) is 3. The van der Waals surface area contributed by atoms with Crippen molar-refractivity contribution in [3.8, 4) is 0 Å². The number of nitrogens with zero attached hydrogens (tertiary/aromatic N) is 2. The monoisotopic (exact) mass is 318 g/mol. The van der Waals surface area contributed by atoms with Gasteiger partial charge in [-0.15, -0.1) is 0 Å². The highest BCUT2D eigenvalue weighted by molar-refractivity contribution is 6.32. The molecule has 0 bridgehead atoms. The van der Waals surface area contributed by atoms with Gasteiger partial charge in [0.05, 0.1) is 30.1 Å². The van der Waals surface area contributed by atoms with E-state index in [9.17, 15) is 9.50 Å². The summed E-state index contributed by atoms with van der Waals surface area (Å²) in [5, 5.41) is 14.9. The Kier molecular flexibility index (Phi) is 4.99. The van der Waals surface area contributed by atoms with Crippen molar-refractivity contribution in [1.29, 1.82) is 0 Å². The maximum atomic E-state index is 13.1. The average Bonchev–Trinajstić information content (AvgIpc) is 2.77. The summed E-state index contributed by atoms with van der Waals surface area (Å²) in [6.07, 6.45) is 0.350. The molecule has 1 N–H and O–H groups in total. The minimum Gasteiger partial charge on any atom is -0.383 e. The predicted octanol–water partition coefficient (Wildman–Crippen LogP) is 3.06. The highest BCUT2D eigenvalue weighted by Crippen LogP contribution is 2.32. The molecule has 1 aromatic carbocycles. The number of rotatable bonds is 5. The molecular weight excluding hydrogens is 306 g/mol. The third kappa shape index (κ3) is 3.12. The number of aliphatic hydroxyl groups is 1. The summed E-state index contributed by atoms with van der Waals surface area (Å²) in [5.74, 6) is -0.468. The number of halogens is 3. The lowest BCUT2D eigenvalue weighted by atomic mass is 10.1. The Morgan fingerprint density at radius 2 is 2.15 bits per heavy atom. The molecule has 0 fully saturated rings. The molecule has 0 aliphatic heterocycles. The van der Waals surface area contributed by atoms with Crippen molar-refractivity contribution in [3.05, 3.63) is 51.5 Å². The van der Waals surface area contributed by atoms with Crippen molar-refractivity contribution in [2.45, 2.75) is 12.6 Å². The molecule has 20 heavy (non-hydrogen) atoms. The van der Waals surface area contributed by atoms with Crippen LogP contribution < -0.4 is 0 Å². The van der Waals surface area contributed by atoms with Crippen LogP contribution in [-0.4, -0.2) is 28.6 Å². The van der Waals surface area contributed by atoms with Crippen LogP contribution in [0, 0.1) is 5.82 Å². The standard InChI is InChI=1S/C13H13Cl2FN2O2/c1-20-5-4-18-12(11(15)7-17-18)13(19)9-3-2-8(16)6-10(9)14/h2-3,6-7,13,19H,4-5H2,1H3. The molecule has 1 heterocycles. The second kappa shape index (κ2) is 6.54. The van der Waals surface area contributed by atoms with Crippen molar-refractivity contribution in [2.24, 2.45) is 0 Å². The Bertz CT molecular complexity index is 604. The van der Waals surface area contributed by atoms with E-state index in [2.05, 4.69) is 5.10 Å². The molecule has 0 aliphatic rings. The summed E-state index contributed by atoms with van der Waals surface area (Å²) in [6, 6.07) is 3.80. The van der Waals surface area contributed by atoms with Crippen molar-refractivity contribution >= 4 is 23.2 Å². The Balaban J connectivity index is 2.37. The molecule has 0 saturated carbocycles. The van der Waals surface area contributed by atoms with Gasteiger partial charge in [-0.2, -0.15) is 5.10 Å². The van der Waals surface area contributed by atoms with E-state index in [1.54, 1.807) is 7.11 Å². The fourth-order valence-corrected chi connectivity index (χ4v) is 2.39. The molecule has 0 amide bonds. The van der Waals surface area contributed by atoms with Gasteiger partial charge < -0.3 is 9.84 Å². The van der Waals surface area contributed by atoms with E-state index >= 15 is 0 Å². The van der Waals surface area contributed by atoms with Crippen LogP contribution in [-0.2, 0) is 11.3 Å². The Morgan fingerprint density at radius 1 is 1.40 bits per heavy atom. The van der Waals surface area contributed by atoms with Gasteiger partial charge >= 0.3 is 0 Å². The summed E-state index contributed by atoms with van der Waals surface area (Å²) in [5.41, 5.74) is 0.770. The van der Waals surface area contributed by atoms with Crippen LogP contribution in [0.15, 0.2) is 24.4 Å². The van der Waals surface area contributed by atoms with Gasteiger partial charge in [-0.05, 0) is 12.1 Å². The maximum Gasteiger partial charge on any atom is 0.124 e. The third-order valence-corrected chi connectivity index (χ3v) is 3.48. The van der Waals surface area contributed by atoms with Gasteiger partial charge in [0.25, 0.3) is 0 Å². The van der Waals surface area contributed by atoms with E-state index in [-0.39, 0.29) is 5.02 Å². The van der Waals surface area contributed by atoms with E-state index in [0.717, 1.165) is 6.07 Å². The maximum absolute atomic E-state index is 13.1. The molecule has 7 heteroatoms. The molecule has 1 aromatic heterocycles. The average molecular weight is 319 g/mol. The molecule has 0 aliphatic carbocycles. The van der Waals surface area contributed by atoms with E-state index in [1.165, 1.54) is 23.0 Å². The molecule has 4 nitrogen and oxygen atoms in total. The van der Waals surface area contributed by atoms with Gasteiger partial charge in [-0.3, -0.25) is 4.68 Å². The minimum absolute atomic E-state index is 0.132. The van der Waals surface area contributed by atoms with Crippen LogP contribution in [0.5, 0.6) is 0 Å². The molecule has 0 spiro atoms. The van der Waals surface area contributed by atoms with Crippen LogP contribution in [0.4, 0.5) is 4.39 Å². The molecule has 2 aromatic rings. The summed E-state index contributed by atoms with van der Waals surface area (Å²) in [4.78, 5) is 0. The van der Waals surface area contributed by atoms with E-state index < -0.39 is 11.9 Å². The zero-order chi connectivity index (χ0) is 14.7. The van der Waals surface area contributed by atoms with Gasteiger partial charge in [-0.1, -0.05) is 29.3 Å². The molecule has 1 unspecified atom stereocenters. The highest BCUT2D eigenvalue weighted by atomic mass is 35.5. The van der Waals surface area contributed by atoms with Crippen LogP contribution in [0.2, 0.25) is 10.0 Å². The second-order valence-electron chi connectivity index (χ2n) is 4.16. The quantitative estimate of drug-likeness (QED) is 0.921. The smallest absolute Gasteiger partial charge is 0.124 e. The number of hydrogen-bond donors (Lipinski definition) is 1. The first-order valence-corrected chi connectivity index (χ1v) is 6.63. The highest BCUT2D eigenvalue weighted by Gasteiger charge is 2.22. The largest absolute Gasteiger partial charge is 0.383 e. The third-order valence-electron chi connectivity index (χ3n) is 2.86. The topological polar surface area (TPSA) is 47.3 Å². The van der Waals surface area contributed by atoms with E-state index in [1.807, 2.05) is 0 Å². The fraction of sp³-hybridized carbons (Fsp3) is 0.308. The number of ether oxygens (including phenoxy) is 1. The fourth-order valence-electron chi connectivity index (χ4n) is 1.87. The van der Waals surface area contributed by atoms with Crippen LogP contribution >= 0.6 is 23.2 Å². The number of aromatic nitrogens is 2. The lowest BCUT2D eigenvalue weighted by molar-refractivity contribution is 0.171. The first-order valence-electron chi connectivity index (χ1n) is 5.87. The first-order chi connectivity index (χ1) is 9.54. The zero-order valence-electron chi connectivity index (χ0n) is 10.7. The Labute approximate surface area is 125 Å². The Hall–Kier alpha value is -1.14. The SMILES string of the molecule is COCCn1ncc(Cl)c1C(O)c1ccc(F)cc1Cl. The number of aliphatic hydroxyl groups excluding tert-OH is 1. The lowest BCUT2D eigenvalue weighted by Gasteiger charge is -2.15. The van der Waals surface area contributed by atoms with Gasteiger partial charge in [0.2, 0.25) is 0 Å². The van der Waals surface area contributed by atoms with E-state index in [4.69, 9.17) is 27.9 Å².